The third-order valence-corrected chi connectivity index (χ3v) is 5.54. The summed E-state index contributed by atoms with van der Waals surface area (Å²) in [6.45, 7) is 1.78. The van der Waals surface area contributed by atoms with E-state index >= 15 is 0 Å². The topological polar surface area (TPSA) is 91.3 Å². The predicted octanol–water partition coefficient (Wildman–Crippen LogP) is 3.76. The monoisotopic (exact) mass is 462 g/mol. The first-order chi connectivity index (χ1) is 16.5. The van der Waals surface area contributed by atoms with Crippen molar-refractivity contribution in [3.63, 3.8) is 0 Å². The molecule has 0 saturated carbocycles. The Bertz CT molecular complexity index is 1070. The Morgan fingerprint density at radius 3 is 1.74 bits per heavy atom. The molecule has 3 aromatic rings. The summed E-state index contributed by atoms with van der Waals surface area (Å²) in [5.41, 5.74) is 1.53. The zero-order valence-electron chi connectivity index (χ0n) is 18.7. The summed E-state index contributed by atoms with van der Waals surface area (Å²) in [5, 5.41) is 10.7. The molecule has 7 nitrogen and oxygen atoms in total. The molecule has 4 rings (SSSR count). The first kappa shape index (κ1) is 23.6. The van der Waals surface area contributed by atoms with E-state index in [4.69, 9.17) is 18.9 Å². The zero-order chi connectivity index (χ0) is 23.9. The molecule has 0 unspecified atom stereocenters. The Morgan fingerprint density at radius 1 is 0.735 bits per heavy atom. The van der Waals surface area contributed by atoms with Crippen LogP contribution in [0.2, 0.25) is 0 Å². The number of carbonyl (C=O) groups excluding carboxylic acids is 2. The quantitative estimate of drug-likeness (QED) is 0.535. The molecule has 0 radical (unpaired) electrons. The number of ether oxygens (including phenoxy) is 4. The zero-order valence-corrected chi connectivity index (χ0v) is 18.7. The van der Waals surface area contributed by atoms with Gasteiger partial charge in [-0.15, -0.1) is 0 Å². The lowest BCUT2D eigenvalue weighted by molar-refractivity contribution is -0.289. The number of rotatable bonds is 7. The minimum Gasteiger partial charge on any atom is -0.452 e. The van der Waals surface area contributed by atoms with Gasteiger partial charge >= 0.3 is 11.9 Å². The van der Waals surface area contributed by atoms with Crippen LogP contribution in [-0.4, -0.2) is 47.8 Å². The molecule has 0 aromatic heterocycles. The number of esters is 2. The van der Waals surface area contributed by atoms with Gasteiger partial charge in [-0.1, -0.05) is 66.7 Å². The van der Waals surface area contributed by atoms with Gasteiger partial charge in [0, 0.05) is 0 Å². The van der Waals surface area contributed by atoms with Crippen LogP contribution in [0.3, 0.4) is 0 Å². The van der Waals surface area contributed by atoms with Crippen LogP contribution >= 0.6 is 0 Å². The van der Waals surface area contributed by atoms with Gasteiger partial charge in [0.15, 0.2) is 18.5 Å². The summed E-state index contributed by atoms with van der Waals surface area (Å²) in [6, 6.07) is 26.3. The smallest absolute Gasteiger partial charge is 0.338 e. The maximum atomic E-state index is 12.9. The Morgan fingerprint density at radius 2 is 1.21 bits per heavy atom. The number of hydrogen-bond donors (Lipinski definition) is 1. The Balaban J connectivity index is 1.59. The molecule has 1 fully saturated rings. The van der Waals surface area contributed by atoms with Crippen molar-refractivity contribution in [3.05, 3.63) is 108 Å². The van der Waals surface area contributed by atoms with Crippen LogP contribution in [0.5, 0.6) is 0 Å². The van der Waals surface area contributed by atoms with Crippen LogP contribution in [0, 0.1) is 0 Å². The van der Waals surface area contributed by atoms with Gasteiger partial charge in [0.25, 0.3) is 0 Å². The van der Waals surface area contributed by atoms with E-state index in [1.165, 1.54) is 0 Å². The minimum atomic E-state index is -1.39. The molecule has 3 aromatic carbocycles. The molecule has 5 atom stereocenters. The number of carbonyl (C=O) groups is 2. The van der Waals surface area contributed by atoms with Crippen LogP contribution in [-0.2, 0) is 25.6 Å². The van der Waals surface area contributed by atoms with Gasteiger partial charge in [0.1, 0.15) is 6.10 Å². The standard InChI is InChI=1S/C27H26O7/c1-18-22(33-25(28)20-13-7-3-8-14-20)23(34-26(29)21-15-9-4-10-16-21)24(27(30)32-18)31-17-19-11-5-2-6-12-19/h2-16,18,22-24,27,30H,17H2,1H3/t18-,22+,23+,24-,27+/m0/s1. The Kier molecular flexibility index (Phi) is 7.69. The fraction of sp³-hybridized carbons (Fsp3) is 0.259. The molecule has 1 N–H and O–H groups in total. The lowest BCUT2D eigenvalue weighted by atomic mass is 9.98. The molecule has 0 spiro atoms. The summed E-state index contributed by atoms with van der Waals surface area (Å²) in [7, 11) is 0. The highest BCUT2D eigenvalue weighted by atomic mass is 16.7. The molecule has 0 amide bonds. The third-order valence-electron chi connectivity index (χ3n) is 5.54. The Labute approximate surface area is 197 Å². The molecule has 176 valence electrons. The van der Waals surface area contributed by atoms with Gasteiger partial charge in [0.05, 0.1) is 23.8 Å². The largest absolute Gasteiger partial charge is 0.452 e. The van der Waals surface area contributed by atoms with Crippen molar-refractivity contribution in [1.29, 1.82) is 0 Å². The molecular weight excluding hydrogens is 436 g/mol. The van der Waals surface area contributed by atoms with Crippen molar-refractivity contribution < 1.29 is 33.6 Å². The fourth-order valence-electron chi connectivity index (χ4n) is 3.76. The van der Waals surface area contributed by atoms with Gasteiger partial charge < -0.3 is 24.1 Å². The first-order valence-electron chi connectivity index (χ1n) is 11.0. The van der Waals surface area contributed by atoms with Crippen LogP contribution in [0.4, 0.5) is 0 Å². The Hall–Kier alpha value is -3.52. The van der Waals surface area contributed by atoms with E-state index in [0.29, 0.717) is 11.1 Å². The molecule has 0 aliphatic carbocycles. The third kappa shape index (κ3) is 5.69. The summed E-state index contributed by atoms with van der Waals surface area (Å²) in [4.78, 5) is 25.7. The summed E-state index contributed by atoms with van der Waals surface area (Å²) in [5.74, 6) is -1.22. The minimum absolute atomic E-state index is 0.138. The number of benzene rings is 3. The summed E-state index contributed by atoms with van der Waals surface area (Å²) in [6.07, 6.45) is -5.35. The maximum Gasteiger partial charge on any atom is 0.338 e. The van der Waals surface area contributed by atoms with E-state index < -0.39 is 42.6 Å². The predicted molar refractivity (Wildman–Crippen MR) is 123 cm³/mol. The highest BCUT2D eigenvalue weighted by Gasteiger charge is 2.49. The molecular formula is C27H26O7. The maximum absolute atomic E-state index is 12.9. The van der Waals surface area contributed by atoms with Crippen molar-refractivity contribution in [2.45, 2.75) is 44.2 Å². The molecule has 34 heavy (non-hydrogen) atoms. The molecule has 1 saturated heterocycles. The van der Waals surface area contributed by atoms with Gasteiger partial charge in [-0.05, 0) is 36.8 Å². The molecule has 1 aliphatic heterocycles. The molecule has 1 aliphatic rings. The SMILES string of the molecule is C[C@@H]1O[C@@H](O)[C@@H](OCc2ccccc2)[C@H](OC(=O)c2ccccc2)[C@@H]1OC(=O)c1ccccc1. The summed E-state index contributed by atoms with van der Waals surface area (Å²) >= 11 is 0. The molecule has 0 bridgehead atoms. The fourth-order valence-corrected chi connectivity index (χ4v) is 3.76. The molecule has 7 heteroatoms. The first-order valence-corrected chi connectivity index (χ1v) is 11.0. The van der Waals surface area contributed by atoms with E-state index in [-0.39, 0.29) is 6.61 Å². The average molecular weight is 462 g/mol. The van der Waals surface area contributed by atoms with Gasteiger partial charge in [-0.3, -0.25) is 0 Å². The van der Waals surface area contributed by atoms with Gasteiger partial charge in [-0.25, -0.2) is 9.59 Å². The van der Waals surface area contributed by atoms with Crippen molar-refractivity contribution in [3.8, 4) is 0 Å². The number of aliphatic hydroxyl groups excluding tert-OH is 1. The van der Waals surface area contributed by atoms with Crippen LogP contribution in [0.25, 0.3) is 0 Å². The number of aliphatic hydroxyl groups is 1. The summed E-state index contributed by atoms with van der Waals surface area (Å²) < 4.78 is 23.1. The van der Waals surface area contributed by atoms with Crippen LogP contribution in [0.1, 0.15) is 33.2 Å². The second kappa shape index (κ2) is 11.1. The lowest BCUT2D eigenvalue weighted by Crippen LogP contribution is -2.60. The van der Waals surface area contributed by atoms with E-state index in [2.05, 4.69) is 0 Å². The van der Waals surface area contributed by atoms with Gasteiger partial charge in [-0.2, -0.15) is 0 Å². The van der Waals surface area contributed by atoms with E-state index in [1.807, 2.05) is 30.3 Å². The van der Waals surface area contributed by atoms with Crippen molar-refractivity contribution in [1.82, 2.24) is 0 Å². The van der Waals surface area contributed by atoms with E-state index in [0.717, 1.165) is 5.56 Å². The van der Waals surface area contributed by atoms with Crippen molar-refractivity contribution in [2.75, 3.05) is 0 Å². The van der Waals surface area contributed by atoms with E-state index in [1.54, 1.807) is 67.6 Å². The van der Waals surface area contributed by atoms with Crippen molar-refractivity contribution in [2.24, 2.45) is 0 Å². The van der Waals surface area contributed by atoms with Crippen LogP contribution in [0.15, 0.2) is 91.0 Å². The van der Waals surface area contributed by atoms with Crippen LogP contribution < -0.4 is 0 Å². The number of hydrogen-bond acceptors (Lipinski definition) is 7. The van der Waals surface area contributed by atoms with Gasteiger partial charge in [0.2, 0.25) is 0 Å². The second-order valence-corrected chi connectivity index (χ2v) is 7.96. The van der Waals surface area contributed by atoms with E-state index in [9.17, 15) is 14.7 Å². The normalized spacial score (nSPS) is 24.2. The van der Waals surface area contributed by atoms with Crippen molar-refractivity contribution >= 4 is 11.9 Å². The molecule has 1 heterocycles. The lowest BCUT2D eigenvalue weighted by Gasteiger charge is -2.42. The highest BCUT2D eigenvalue weighted by molar-refractivity contribution is 5.90. The average Bonchev–Trinajstić information content (AvgIpc) is 2.87. The highest BCUT2D eigenvalue weighted by Crippen LogP contribution is 2.29. The second-order valence-electron chi connectivity index (χ2n) is 7.96.